The zero-order chi connectivity index (χ0) is 18.8. The average molecular weight is 388 g/mol. The van der Waals surface area contributed by atoms with E-state index in [9.17, 15) is 4.79 Å². The summed E-state index contributed by atoms with van der Waals surface area (Å²) >= 11 is 1.43. The quantitative estimate of drug-likeness (QED) is 0.793. The van der Waals surface area contributed by atoms with E-state index in [1.54, 1.807) is 0 Å². The minimum atomic E-state index is -0.223. The molecule has 4 rings (SSSR count). The number of carbonyl (C=O) groups excluding carboxylic acids is 1. The SMILES string of the molecule is C[C@@H](Sc1nnc(-c2ccc3c(c2)OCO3)n1C)C(=O)NC1CCCCC1. The van der Waals surface area contributed by atoms with Crippen LogP contribution in [-0.2, 0) is 11.8 Å². The third-order valence-electron chi connectivity index (χ3n) is 5.07. The molecule has 1 N–H and O–H groups in total. The van der Waals surface area contributed by atoms with Gasteiger partial charge >= 0.3 is 0 Å². The first kappa shape index (κ1) is 18.2. The van der Waals surface area contributed by atoms with Crippen molar-refractivity contribution in [1.29, 1.82) is 0 Å². The van der Waals surface area contributed by atoms with Crippen LogP contribution in [-0.4, -0.2) is 38.8 Å². The van der Waals surface area contributed by atoms with Crippen LogP contribution in [0.25, 0.3) is 11.4 Å². The van der Waals surface area contributed by atoms with Crippen molar-refractivity contribution in [2.45, 2.75) is 55.5 Å². The van der Waals surface area contributed by atoms with E-state index in [0.29, 0.717) is 16.9 Å². The second-order valence-electron chi connectivity index (χ2n) is 7.04. The molecular formula is C19H24N4O3S. The molecule has 0 saturated heterocycles. The first-order valence-corrected chi connectivity index (χ1v) is 10.3. The number of nitrogens with zero attached hydrogens (tertiary/aromatic N) is 3. The summed E-state index contributed by atoms with van der Waals surface area (Å²) < 4.78 is 12.7. The molecule has 2 aromatic rings. The highest BCUT2D eigenvalue weighted by Gasteiger charge is 2.23. The number of hydrogen-bond acceptors (Lipinski definition) is 6. The molecule has 0 spiro atoms. The summed E-state index contributed by atoms with van der Waals surface area (Å²) in [5, 5.41) is 12.3. The molecule has 0 bridgehead atoms. The third-order valence-corrected chi connectivity index (χ3v) is 6.20. The van der Waals surface area contributed by atoms with Crippen molar-refractivity contribution in [3.63, 3.8) is 0 Å². The van der Waals surface area contributed by atoms with E-state index in [4.69, 9.17) is 9.47 Å². The fourth-order valence-corrected chi connectivity index (χ4v) is 4.31. The maximum absolute atomic E-state index is 12.5. The monoisotopic (exact) mass is 388 g/mol. The number of benzene rings is 1. The number of hydrogen-bond donors (Lipinski definition) is 1. The second-order valence-corrected chi connectivity index (χ2v) is 8.34. The van der Waals surface area contributed by atoms with Crippen LogP contribution in [0.4, 0.5) is 0 Å². The van der Waals surface area contributed by atoms with Crippen LogP contribution in [0, 0.1) is 0 Å². The lowest BCUT2D eigenvalue weighted by Gasteiger charge is -2.24. The summed E-state index contributed by atoms with van der Waals surface area (Å²) in [6, 6.07) is 6.03. The minimum Gasteiger partial charge on any atom is -0.454 e. The highest BCUT2D eigenvalue weighted by atomic mass is 32.2. The van der Waals surface area contributed by atoms with Gasteiger partial charge in [-0.1, -0.05) is 31.0 Å². The number of ether oxygens (including phenoxy) is 2. The molecule has 1 aromatic heterocycles. The molecule has 8 heteroatoms. The predicted molar refractivity (Wildman–Crippen MR) is 103 cm³/mol. The summed E-state index contributed by atoms with van der Waals surface area (Å²) in [5.41, 5.74) is 0.903. The van der Waals surface area contributed by atoms with E-state index in [2.05, 4.69) is 15.5 Å². The number of fused-ring (bicyclic) bond motifs is 1. The highest BCUT2D eigenvalue weighted by molar-refractivity contribution is 8.00. The normalized spacial score (nSPS) is 17.7. The third kappa shape index (κ3) is 3.90. The van der Waals surface area contributed by atoms with Gasteiger partial charge in [0.1, 0.15) is 0 Å². The molecule has 27 heavy (non-hydrogen) atoms. The van der Waals surface area contributed by atoms with Crippen molar-refractivity contribution in [3.8, 4) is 22.9 Å². The van der Waals surface area contributed by atoms with Crippen LogP contribution in [0.3, 0.4) is 0 Å². The van der Waals surface area contributed by atoms with Crippen LogP contribution >= 0.6 is 11.8 Å². The molecule has 1 atom stereocenters. The van der Waals surface area contributed by atoms with Gasteiger partial charge < -0.3 is 19.4 Å². The molecule has 7 nitrogen and oxygen atoms in total. The molecule has 0 unspecified atom stereocenters. The number of nitrogens with one attached hydrogen (secondary N) is 1. The van der Waals surface area contributed by atoms with Gasteiger partial charge in [0.25, 0.3) is 0 Å². The Bertz CT molecular complexity index is 832. The van der Waals surface area contributed by atoms with Gasteiger partial charge in [-0.2, -0.15) is 0 Å². The Kier molecular flexibility index (Phi) is 5.24. The summed E-state index contributed by atoms with van der Waals surface area (Å²) in [5.74, 6) is 2.25. The number of rotatable bonds is 5. The zero-order valence-corrected chi connectivity index (χ0v) is 16.4. The average Bonchev–Trinajstić information content (AvgIpc) is 3.29. The number of amides is 1. The van der Waals surface area contributed by atoms with E-state index in [1.165, 1.54) is 31.0 Å². The van der Waals surface area contributed by atoms with Crippen molar-refractivity contribution in [2.24, 2.45) is 7.05 Å². The van der Waals surface area contributed by atoms with Crippen LogP contribution in [0.1, 0.15) is 39.0 Å². The Balaban J connectivity index is 1.43. The Morgan fingerprint density at radius 3 is 2.81 bits per heavy atom. The zero-order valence-electron chi connectivity index (χ0n) is 15.6. The van der Waals surface area contributed by atoms with Gasteiger partial charge in [-0.25, -0.2) is 0 Å². The largest absolute Gasteiger partial charge is 0.454 e. The van der Waals surface area contributed by atoms with E-state index in [-0.39, 0.29) is 18.0 Å². The van der Waals surface area contributed by atoms with Crippen LogP contribution in [0.5, 0.6) is 11.5 Å². The van der Waals surface area contributed by atoms with Crippen molar-refractivity contribution in [3.05, 3.63) is 18.2 Å². The molecule has 2 aliphatic rings. The van der Waals surface area contributed by atoms with Crippen LogP contribution in [0.15, 0.2) is 23.4 Å². The van der Waals surface area contributed by atoms with Gasteiger partial charge in [-0.15, -0.1) is 10.2 Å². The van der Waals surface area contributed by atoms with Gasteiger partial charge in [0.15, 0.2) is 22.5 Å². The van der Waals surface area contributed by atoms with Crippen molar-refractivity contribution < 1.29 is 14.3 Å². The topological polar surface area (TPSA) is 78.3 Å². The van der Waals surface area contributed by atoms with Crippen LogP contribution in [0.2, 0.25) is 0 Å². The molecule has 1 aromatic carbocycles. The van der Waals surface area contributed by atoms with Crippen LogP contribution < -0.4 is 14.8 Å². The van der Waals surface area contributed by atoms with Gasteiger partial charge in [0.05, 0.1) is 5.25 Å². The Morgan fingerprint density at radius 2 is 2.00 bits per heavy atom. The van der Waals surface area contributed by atoms with Crippen molar-refractivity contribution in [2.75, 3.05) is 6.79 Å². The number of thioether (sulfide) groups is 1. The lowest BCUT2D eigenvalue weighted by Crippen LogP contribution is -2.40. The Morgan fingerprint density at radius 1 is 1.22 bits per heavy atom. The molecule has 1 saturated carbocycles. The van der Waals surface area contributed by atoms with E-state index in [1.807, 2.05) is 36.7 Å². The number of aromatic nitrogens is 3. The smallest absolute Gasteiger partial charge is 0.233 e. The maximum Gasteiger partial charge on any atom is 0.233 e. The minimum absolute atomic E-state index is 0.0690. The molecule has 1 aliphatic carbocycles. The summed E-state index contributed by atoms with van der Waals surface area (Å²) in [6.07, 6.45) is 5.85. The first-order chi connectivity index (χ1) is 13.1. The highest BCUT2D eigenvalue weighted by Crippen LogP contribution is 2.36. The number of carbonyl (C=O) groups is 1. The van der Waals surface area contributed by atoms with Gasteiger partial charge in [0.2, 0.25) is 12.7 Å². The van der Waals surface area contributed by atoms with E-state index >= 15 is 0 Å². The molecular weight excluding hydrogens is 364 g/mol. The lowest BCUT2D eigenvalue weighted by atomic mass is 9.95. The fraction of sp³-hybridized carbons (Fsp3) is 0.526. The second kappa shape index (κ2) is 7.80. The molecule has 1 amide bonds. The summed E-state index contributed by atoms with van der Waals surface area (Å²) in [4.78, 5) is 12.5. The standard InChI is InChI=1S/C19H24N4O3S/c1-12(18(24)20-14-6-4-3-5-7-14)27-19-22-21-17(23(19)2)13-8-9-15-16(10-13)26-11-25-15/h8-10,12,14H,3-7,11H2,1-2H3,(H,20,24)/t12-/m1/s1. The molecule has 1 fully saturated rings. The van der Waals surface area contributed by atoms with Gasteiger partial charge in [0, 0.05) is 18.7 Å². The molecule has 1 aliphatic heterocycles. The fourth-order valence-electron chi connectivity index (χ4n) is 3.48. The molecule has 0 radical (unpaired) electrons. The summed E-state index contributed by atoms with van der Waals surface area (Å²) in [7, 11) is 1.91. The van der Waals surface area contributed by atoms with E-state index < -0.39 is 0 Å². The van der Waals surface area contributed by atoms with Crippen molar-refractivity contribution in [1.82, 2.24) is 20.1 Å². The Hall–Kier alpha value is -2.22. The van der Waals surface area contributed by atoms with E-state index in [0.717, 1.165) is 30.0 Å². The molecule has 144 valence electrons. The Labute approximate surface area is 162 Å². The maximum atomic E-state index is 12.5. The molecule has 2 heterocycles. The van der Waals surface area contributed by atoms with Gasteiger partial charge in [-0.05, 0) is 38.0 Å². The predicted octanol–water partition coefficient (Wildman–Crippen LogP) is 3.14. The first-order valence-electron chi connectivity index (χ1n) is 9.38. The van der Waals surface area contributed by atoms with Gasteiger partial charge in [-0.3, -0.25) is 4.79 Å². The summed E-state index contributed by atoms with van der Waals surface area (Å²) in [6.45, 7) is 2.16. The lowest BCUT2D eigenvalue weighted by molar-refractivity contribution is -0.121. The van der Waals surface area contributed by atoms with Crippen molar-refractivity contribution >= 4 is 17.7 Å².